The van der Waals surface area contributed by atoms with E-state index in [1.165, 1.54) is 36.4 Å². The Morgan fingerprint density at radius 3 is 2.14 bits per heavy atom. The zero-order chi connectivity index (χ0) is 21.0. The van der Waals surface area contributed by atoms with Crippen molar-refractivity contribution in [3.8, 4) is 12.1 Å². The number of halogens is 1. The molecule has 1 aromatic rings. The second kappa shape index (κ2) is 8.08. The summed E-state index contributed by atoms with van der Waals surface area (Å²) in [6.45, 7) is 0. The Balaban J connectivity index is 2.68. The summed E-state index contributed by atoms with van der Waals surface area (Å²) < 4.78 is 4.62. The first kappa shape index (κ1) is 20.2. The van der Waals surface area contributed by atoms with Crippen molar-refractivity contribution in [2.24, 2.45) is 0 Å². The molecule has 0 saturated heterocycles. The maximum absolute atomic E-state index is 12.6. The summed E-state index contributed by atoms with van der Waals surface area (Å²) in [5.74, 6) is -3.19. The molecule has 1 aromatic carbocycles. The topological polar surface area (TPSA) is 151 Å². The quantitative estimate of drug-likeness (QED) is 0.246. The van der Waals surface area contributed by atoms with Crippen LogP contribution in [-0.2, 0) is 19.1 Å². The number of rotatable bonds is 4. The Kier molecular flexibility index (Phi) is 5.84. The molecule has 0 amide bonds. The number of nitriles is 2. The van der Waals surface area contributed by atoms with Gasteiger partial charge in [0.15, 0.2) is 0 Å². The van der Waals surface area contributed by atoms with Crippen molar-refractivity contribution < 1.29 is 24.0 Å². The lowest BCUT2D eigenvalue weighted by Gasteiger charge is -2.16. The van der Waals surface area contributed by atoms with Crippen LogP contribution < -0.4 is 0 Å². The molecule has 0 fully saturated rings. The Hall–Kier alpha value is -4.08. The van der Waals surface area contributed by atoms with Crippen LogP contribution in [0.25, 0.3) is 6.08 Å². The van der Waals surface area contributed by atoms with Gasteiger partial charge in [-0.1, -0.05) is 11.6 Å². The van der Waals surface area contributed by atoms with Crippen LogP contribution in [0, 0.1) is 32.8 Å². The van der Waals surface area contributed by atoms with Gasteiger partial charge >= 0.3 is 5.97 Å². The highest BCUT2D eigenvalue weighted by molar-refractivity contribution is 6.51. The molecule has 0 N–H and O–H groups in total. The van der Waals surface area contributed by atoms with E-state index in [1.807, 2.05) is 0 Å². The van der Waals surface area contributed by atoms with E-state index in [0.717, 1.165) is 13.2 Å². The molecule has 0 spiro atoms. The van der Waals surface area contributed by atoms with Gasteiger partial charge in [0, 0.05) is 12.1 Å². The molecule has 28 heavy (non-hydrogen) atoms. The van der Waals surface area contributed by atoms with Gasteiger partial charge in [0.1, 0.15) is 28.3 Å². The van der Waals surface area contributed by atoms with E-state index in [2.05, 4.69) is 4.74 Å². The minimum Gasteiger partial charge on any atom is -0.465 e. The molecule has 0 heterocycles. The monoisotopic (exact) mass is 397 g/mol. The van der Waals surface area contributed by atoms with Crippen molar-refractivity contribution in [2.45, 2.75) is 0 Å². The van der Waals surface area contributed by atoms with Gasteiger partial charge in [-0.25, -0.2) is 4.79 Å². The number of Topliss-reactive ketones (excluding diaryl/α,β-unsaturated/α-hetero) is 2. The van der Waals surface area contributed by atoms with Crippen LogP contribution in [0.2, 0.25) is 0 Å². The number of hydrogen-bond acceptors (Lipinski definition) is 8. The second-order valence-electron chi connectivity index (χ2n) is 5.22. The fourth-order valence-corrected chi connectivity index (χ4v) is 2.61. The Bertz CT molecular complexity index is 1100. The molecule has 0 atom stereocenters. The second-order valence-corrected chi connectivity index (χ2v) is 5.60. The summed E-state index contributed by atoms with van der Waals surface area (Å²) >= 11 is 5.93. The number of nitro benzene ring substituents is 1. The van der Waals surface area contributed by atoms with Crippen molar-refractivity contribution in [1.29, 1.82) is 10.5 Å². The van der Waals surface area contributed by atoms with Gasteiger partial charge < -0.3 is 4.74 Å². The highest BCUT2D eigenvalue weighted by Gasteiger charge is 2.38. The molecule has 138 valence electrons. The zero-order valence-corrected chi connectivity index (χ0v) is 14.8. The summed E-state index contributed by atoms with van der Waals surface area (Å²) in [6, 6.07) is 7.85. The van der Waals surface area contributed by atoms with E-state index in [4.69, 9.17) is 22.1 Å². The minimum atomic E-state index is -1.08. The Morgan fingerprint density at radius 1 is 1.14 bits per heavy atom. The SMILES string of the molecule is COC(=O)/C(=C\c1ccc([N+](=O)[O-])cc1)C1=C(Cl)C(=O)C(C#N)=C(C#N)C1=O. The maximum atomic E-state index is 12.6. The average Bonchev–Trinajstić information content (AvgIpc) is 2.69. The van der Waals surface area contributed by atoms with E-state index >= 15 is 0 Å². The largest absolute Gasteiger partial charge is 0.465 e. The fourth-order valence-electron chi connectivity index (χ4n) is 2.33. The van der Waals surface area contributed by atoms with E-state index in [0.29, 0.717) is 0 Å². The molecular formula is C18H8ClN3O6. The Morgan fingerprint density at radius 2 is 1.68 bits per heavy atom. The number of esters is 1. The molecule has 1 aliphatic rings. The highest BCUT2D eigenvalue weighted by Crippen LogP contribution is 2.32. The number of methoxy groups -OCH3 is 1. The molecular weight excluding hydrogens is 390 g/mol. The van der Waals surface area contributed by atoms with Gasteiger partial charge in [-0.05, 0) is 23.8 Å². The molecule has 0 aromatic heterocycles. The van der Waals surface area contributed by atoms with Crippen LogP contribution in [0.5, 0.6) is 0 Å². The molecule has 0 unspecified atom stereocenters. The Labute approximate surface area is 162 Å². The van der Waals surface area contributed by atoms with E-state index in [1.54, 1.807) is 0 Å². The lowest BCUT2D eigenvalue weighted by atomic mass is 9.86. The lowest BCUT2D eigenvalue weighted by molar-refractivity contribution is -0.384. The van der Waals surface area contributed by atoms with Crippen LogP contribution in [0.1, 0.15) is 5.56 Å². The molecule has 0 radical (unpaired) electrons. The van der Waals surface area contributed by atoms with Crippen LogP contribution in [-0.4, -0.2) is 29.6 Å². The molecule has 9 nitrogen and oxygen atoms in total. The first-order valence-corrected chi connectivity index (χ1v) is 7.73. The van der Waals surface area contributed by atoms with E-state index < -0.39 is 49.8 Å². The van der Waals surface area contributed by atoms with Gasteiger partial charge in [0.25, 0.3) is 5.69 Å². The molecule has 1 aliphatic carbocycles. The number of benzene rings is 1. The molecule has 0 saturated carbocycles. The van der Waals surface area contributed by atoms with E-state index in [-0.39, 0.29) is 11.3 Å². The average molecular weight is 398 g/mol. The zero-order valence-electron chi connectivity index (χ0n) is 14.1. The number of allylic oxidation sites excluding steroid dienone is 3. The minimum absolute atomic E-state index is 0.203. The van der Waals surface area contributed by atoms with Gasteiger partial charge in [-0.15, -0.1) is 0 Å². The predicted octanol–water partition coefficient (Wildman–Crippen LogP) is 2.14. The van der Waals surface area contributed by atoms with Gasteiger partial charge in [-0.3, -0.25) is 19.7 Å². The third-order valence-electron chi connectivity index (χ3n) is 3.66. The number of non-ortho nitro benzene ring substituents is 1. The van der Waals surface area contributed by atoms with Crippen molar-refractivity contribution in [1.82, 2.24) is 0 Å². The van der Waals surface area contributed by atoms with Crippen LogP contribution in [0.15, 0.2) is 51.6 Å². The fraction of sp³-hybridized carbons (Fsp3) is 0.0556. The number of nitrogens with zero attached hydrogens (tertiary/aromatic N) is 3. The summed E-state index contributed by atoms with van der Waals surface area (Å²) in [7, 11) is 1.03. The summed E-state index contributed by atoms with van der Waals surface area (Å²) in [5.41, 5.74) is -2.44. The van der Waals surface area contributed by atoms with Crippen molar-refractivity contribution >= 4 is 40.9 Å². The lowest BCUT2D eigenvalue weighted by Crippen LogP contribution is -2.25. The van der Waals surface area contributed by atoms with Gasteiger partial charge in [0.2, 0.25) is 11.6 Å². The van der Waals surface area contributed by atoms with Crippen molar-refractivity contribution in [3.05, 3.63) is 67.3 Å². The third kappa shape index (κ3) is 3.56. The predicted molar refractivity (Wildman–Crippen MR) is 94.2 cm³/mol. The van der Waals surface area contributed by atoms with Crippen molar-refractivity contribution in [3.63, 3.8) is 0 Å². The number of carbonyl (C=O) groups excluding carboxylic acids is 3. The normalized spacial score (nSPS) is 14.5. The summed E-state index contributed by atoms with van der Waals surface area (Å²) in [6.07, 6.45) is 1.13. The summed E-state index contributed by atoms with van der Waals surface area (Å²) in [5, 5.41) is 28.2. The van der Waals surface area contributed by atoms with Gasteiger partial charge in [-0.2, -0.15) is 10.5 Å². The first-order valence-electron chi connectivity index (χ1n) is 7.35. The molecule has 10 heteroatoms. The van der Waals surface area contributed by atoms with E-state index in [9.17, 15) is 24.5 Å². The van der Waals surface area contributed by atoms with Gasteiger partial charge in [0.05, 0.1) is 23.2 Å². The standard InChI is InChI=1S/C18H8ClN3O6/c1-28-18(25)11(6-9-2-4-10(5-3-9)22(26)27)14-15(19)17(24)13(8-21)12(7-20)16(14)23/h2-6H,1H3/b11-6-. The number of hydrogen-bond donors (Lipinski definition) is 0. The molecule has 0 aliphatic heterocycles. The number of ether oxygens (including phenoxy) is 1. The molecule has 2 rings (SSSR count). The number of nitro groups is 1. The first-order chi connectivity index (χ1) is 13.3. The van der Waals surface area contributed by atoms with Crippen molar-refractivity contribution in [2.75, 3.05) is 7.11 Å². The maximum Gasteiger partial charge on any atom is 0.338 e. The van der Waals surface area contributed by atoms with Crippen LogP contribution >= 0.6 is 11.6 Å². The van der Waals surface area contributed by atoms with Crippen LogP contribution in [0.3, 0.4) is 0 Å². The third-order valence-corrected chi connectivity index (χ3v) is 4.02. The number of ketones is 2. The highest BCUT2D eigenvalue weighted by atomic mass is 35.5. The smallest absolute Gasteiger partial charge is 0.338 e. The number of carbonyl (C=O) groups is 3. The molecule has 0 bridgehead atoms. The summed E-state index contributed by atoms with van der Waals surface area (Å²) in [4.78, 5) is 47.2. The van der Waals surface area contributed by atoms with Crippen LogP contribution in [0.4, 0.5) is 5.69 Å².